The van der Waals surface area contributed by atoms with Gasteiger partial charge in [-0.15, -0.1) is 11.3 Å². The minimum Gasteiger partial charge on any atom is -0.462 e. The molecule has 0 radical (unpaired) electrons. The number of nitrogens with zero attached hydrogens (tertiary/aromatic N) is 3. The normalized spacial score (nSPS) is 11.2. The Morgan fingerprint density at radius 2 is 1.94 bits per heavy atom. The first-order valence-electron chi connectivity index (χ1n) is 9.44. The number of benzene rings is 2. The van der Waals surface area contributed by atoms with Crippen molar-refractivity contribution < 1.29 is 9.53 Å². The monoisotopic (exact) mass is 451 g/mol. The van der Waals surface area contributed by atoms with E-state index in [1.54, 1.807) is 25.3 Å². The maximum absolute atomic E-state index is 12.3. The van der Waals surface area contributed by atoms with Gasteiger partial charge in [-0.05, 0) is 24.6 Å². The molecule has 9 heteroatoms. The Hall–Kier alpha value is -3.49. The number of nitrogen functional groups attached to an aromatic ring is 1. The zero-order valence-electron chi connectivity index (χ0n) is 16.5. The van der Waals surface area contributed by atoms with E-state index in [0.29, 0.717) is 31.5 Å². The number of rotatable bonds is 6. The highest BCUT2D eigenvalue weighted by Gasteiger charge is 2.22. The van der Waals surface area contributed by atoms with Gasteiger partial charge in [0.15, 0.2) is 0 Å². The molecule has 31 heavy (non-hydrogen) atoms. The highest BCUT2D eigenvalue weighted by Crippen LogP contribution is 2.39. The molecule has 2 aromatic carbocycles. The molecule has 0 saturated carbocycles. The molecule has 0 amide bonds. The number of esters is 1. The SMILES string of the molecule is CCOC(=O)c1sc2nc(NN=Cc3ccc(Cl)cc3)nc(-c3ccccc3)c2c1N. The van der Waals surface area contributed by atoms with Gasteiger partial charge in [0.2, 0.25) is 5.95 Å². The lowest BCUT2D eigenvalue weighted by Crippen LogP contribution is -2.05. The van der Waals surface area contributed by atoms with Crippen molar-refractivity contribution in [3.63, 3.8) is 0 Å². The van der Waals surface area contributed by atoms with E-state index in [1.807, 2.05) is 42.5 Å². The van der Waals surface area contributed by atoms with E-state index < -0.39 is 5.97 Å². The van der Waals surface area contributed by atoms with Crippen LogP contribution in [0.25, 0.3) is 21.5 Å². The topological polar surface area (TPSA) is 102 Å². The maximum atomic E-state index is 12.3. The molecule has 0 unspecified atom stereocenters. The highest BCUT2D eigenvalue weighted by molar-refractivity contribution is 7.21. The van der Waals surface area contributed by atoms with Crippen LogP contribution in [0.4, 0.5) is 11.6 Å². The second kappa shape index (κ2) is 9.11. The van der Waals surface area contributed by atoms with Gasteiger partial charge in [-0.2, -0.15) is 5.10 Å². The Bertz CT molecular complexity index is 1260. The molecule has 0 spiro atoms. The summed E-state index contributed by atoms with van der Waals surface area (Å²) >= 11 is 7.08. The molecule has 4 aromatic rings. The first kappa shape index (κ1) is 20.8. The second-order valence-electron chi connectivity index (χ2n) is 6.43. The fraction of sp³-hybridized carbons (Fsp3) is 0.0909. The summed E-state index contributed by atoms with van der Waals surface area (Å²) in [5.74, 6) is -0.189. The lowest BCUT2D eigenvalue weighted by Gasteiger charge is -2.07. The van der Waals surface area contributed by atoms with Gasteiger partial charge in [0.1, 0.15) is 9.71 Å². The van der Waals surface area contributed by atoms with E-state index in [0.717, 1.165) is 11.1 Å². The predicted octanol–water partition coefficient (Wildman–Crippen LogP) is 5.22. The zero-order valence-corrected chi connectivity index (χ0v) is 18.1. The number of carbonyl (C=O) groups excluding carboxylic acids is 1. The number of hydrogen-bond donors (Lipinski definition) is 2. The van der Waals surface area contributed by atoms with Crippen molar-refractivity contribution in [3.05, 3.63) is 70.1 Å². The molecular formula is C22H18ClN5O2S. The number of hydrazone groups is 1. The number of thiophene rings is 1. The summed E-state index contributed by atoms with van der Waals surface area (Å²) in [5, 5.41) is 5.48. The third-order valence-electron chi connectivity index (χ3n) is 4.34. The summed E-state index contributed by atoms with van der Waals surface area (Å²) in [6.07, 6.45) is 1.64. The molecule has 0 fully saturated rings. The van der Waals surface area contributed by atoms with Crippen LogP contribution in [-0.4, -0.2) is 28.8 Å². The maximum Gasteiger partial charge on any atom is 0.350 e. The molecular weight excluding hydrogens is 434 g/mol. The van der Waals surface area contributed by atoms with Crippen molar-refractivity contribution >= 4 is 57.0 Å². The van der Waals surface area contributed by atoms with Crippen LogP contribution in [-0.2, 0) is 4.74 Å². The van der Waals surface area contributed by atoms with Crippen LogP contribution in [0.3, 0.4) is 0 Å². The first-order valence-corrected chi connectivity index (χ1v) is 10.6. The summed E-state index contributed by atoms with van der Waals surface area (Å²) in [6, 6.07) is 16.8. The largest absolute Gasteiger partial charge is 0.462 e. The lowest BCUT2D eigenvalue weighted by molar-refractivity contribution is 0.0533. The molecule has 156 valence electrons. The molecule has 2 aromatic heterocycles. The number of nitrogens with two attached hydrogens (primary N) is 1. The van der Waals surface area contributed by atoms with Gasteiger partial charge in [-0.3, -0.25) is 0 Å². The highest BCUT2D eigenvalue weighted by atomic mass is 35.5. The van der Waals surface area contributed by atoms with Crippen molar-refractivity contribution in [2.45, 2.75) is 6.92 Å². The average molecular weight is 452 g/mol. The van der Waals surface area contributed by atoms with E-state index >= 15 is 0 Å². The molecule has 4 rings (SSSR count). The van der Waals surface area contributed by atoms with Gasteiger partial charge in [0.05, 0.1) is 29.6 Å². The van der Waals surface area contributed by atoms with E-state index in [9.17, 15) is 4.79 Å². The van der Waals surface area contributed by atoms with Crippen molar-refractivity contribution in [2.24, 2.45) is 5.10 Å². The first-order chi connectivity index (χ1) is 15.1. The predicted molar refractivity (Wildman–Crippen MR) is 126 cm³/mol. The van der Waals surface area contributed by atoms with Gasteiger partial charge in [0, 0.05) is 10.6 Å². The van der Waals surface area contributed by atoms with Gasteiger partial charge in [0.25, 0.3) is 0 Å². The number of anilines is 2. The number of ether oxygens (including phenoxy) is 1. The number of fused-ring (bicyclic) bond motifs is 1. The third-order valence-corrected chi connectivity index (χ3v) is 5.68. The summed E-state index contributed by atoms with van der Waals surface area (Å²) in [6.45, 7) is 2.01. The van der Waals surface area contributed by atoms with E-state index in [2.05, 4.69) is 20.5 Å². The molecule has 3 N–H and O–H groups in total. The van der Waals surface area contributed by atoms with Gasteiger partial charge < -0.3 is 10.5 Å². The quantitative estimate of drug-likeness (QED) is 0.237. The van der Waals surface area contributed by atoms with Crippen LogP contribution in [0.1, 0.15) is 22.2 Å². The van der Waals surface area contributed by atoms with Crippen molar-refractivity contribution in [3.8, 4) is 11.3 Å². The third kappa shape index (κ3) is 4.50. The number of hydrogen-bond acceptors (Lipinski definition) is 8. The van der Waals surface area contributed by atoms with Crippen LogP contribution in [0, 0.1) is 0 Å². The number of nitrogens with one attached hydrogen (secondary N) is 1. The summed E-state index contributed by atoms with van der Waals surface area (Å²) in [4.78, 5) is 22.3. The van der Waals surface area contributed by atoms with E-state index in [1.165, 1.54) is 11.3 Å². The smallest absolute Gasteiger partial charge is 0.350 e. The van der Waals surface area contributed by atoms with Crippen molar-refractivity contribution in [1.82, 2.24) is 9.97 Å². The average Bonchev–Trinajstić information content (AvgIpc) is 3.12. The van der Waals surface area contributed by atoms with Gasteiger partial charge in [-0.25, -0.2) is 20.2 Å². The minimum atomic E-state index is -0.475. The zero-order chi connectivity index (χ0) is 21.8. The van der Waals surface area contributed by atoms with Crippen molar-refractivity contribution in [1.29, 1.82) is 0 Å². The summed E-state index contributed by atoms with van der Waals surface area (Å²) < 4.78 is 5.13. The minimum absolute atomic E-state index is 0.260. The fourth-order valence-electron chi connectivity index (χ4n) is 2.94. The molecule has 2 heterocycles. The Morgan fingerprint density at radius 3 is 2.65 bits per heavy atom. The lowest BCUT2D eigenvalue weighted by atomic mass is 10.1. The Labute approximate surface area is 187 Å². The second-order valence-corrected chi connectivity index (χ2v) is 7.86. The van der Waals surface area contributed by atoms with Crippen LogP contribution in [0.2, 0.25) is 5.02 Å². The molecule has 0 aliphatic carbocycles. The van der Waals surface area contributed by atoms with E-state index in [4.69, 9.17) is 22.1 Å². The van der Waals surface area contributed by atoms with Crippen LogP contribution < -0.4 is 11.2 Å². The summed E-state index contributed by atoms with van der Waals surface area (Å²) in [7, 11) is 0. The number of aromatic nitrogens is 2. The molecule has 0 aliphatic rings. The molecule has 0 atom stereocenters. The van der Waals surface area contributed by atoms with Crippen LogP contribution in [0.15, 0.2) is 59.7 Å². The summed E-state index contributed by atoms with van der Waals surface area (Å²) in [5.41, 5.74) is 11.8. The number of carbonyl (C=O) groups is 1. The van der Waals surface area contributed by atoms with Gasteiger partial charge >= 0.3 is 5.97 Å². The van der Waals surface area contributed by atoms with Crippen molar-refractivity contribution in [2.75, 3.05) is 17.8 Å². The molecule has 0 bridgehead atoms. The van der Waals surface area contributed by atoms with Crippen LogP contribution >= 0.6 is 22.9 Å². The van der Waals surface area contributed by atoms with Crippen LogP contribution in [0.5, 0.6) is 0 Å². The standard InChI is InChI=1S/C22H18ClN5O2S/c1-2-30-21(29)19-17(24)16-18(14-6-4-3-5-7-14)26-22(27-20(16)31-19)28-25-12-13-8-10-15(23)11-9-13/h3-12H,2,24H2,1H3,(H,26,27,28). The Morgan fingerprint density at radius 1 is 1.19 bits per heavy atom. The Kier molecular flexibility index (Phi) is 6.11. The fourth-order valence-corrected chi connectivity index (χ4v) is 4.05. The van der Waals surface area contributed by atoms with E-state index in [-0.39, 0.29) is 12.6 Å². The molecule has 7 nitrogen and oxygen atoms in total. The Balaban J connectivity index is 1.76. The molecule has 0 saturated heterocycles. The molecule has 0 aliphatic heterocycles. The van der Waals surface area contributed by atoms with Gasteiger partial charge in [-0.1, -0.05) is 54.1 Å². The number of halogens is 1.